The minimum Gasteiger partial charge on any atom is -0.365 e. The molecule has 3 rings (SSSR count). The van der Waals surface area contributed by atoms with E-state index < -0.39 is 23.6 Å². The van der Waals surface area contributed by atoms with Gasteiger partial charge in [-0.1, -0.05) is 6.07 Å². The molecule has 1 atom stereocenters. The second kappa shape index (κ2) is 7.92. The second-order valence-electron chi connectivity index (χ2n) is 5.84. The Morgan fingerprint density at radius 1 is 1.26 bits per heavy atom. The number of Topliss-reactive ketones (excluding diaryl/α,β-unsaturated/α-hetero) is 1. The van der Waals surface area contributed by atoms with Crippen LogP contribution < -0.4 is 11.1 Å². The number of carbonyl (C=O) groups is 3. The first-order valence-electron chi connectivity index (χ1n) is 8.12. The number of rotatable bonds is 7. The third-order valence-corrected chi connectivity index (χ3v) is 4.88. The van der Waals surface area contributed by atoms with E-state index >= 15 is 0 Å². The van der Waals surface area contributed by atoms with E-state index in [1.165, 1.54) is 0 Å². The highest BCUT2D eigenvalue weighted by molar-refractivity contribution is 7.08. The number of nitrogens with one attached hydrogen (secondary N) is 2. The Labute approximate surface area is 159 Å². The van der Waals surface area contributed by atoms with E-state index in [0.717, 1.165) is 11.5 Å². The molecule has 0 aromatic carbocycles. The number of amides is 2. The fraction of sp³-hybridized carbons (Fsp3) is 0.167. The summed E-state index contributed by atoms with van der Waals surface area (Å²) in [6, 6.07) is 7.80. The molecule has 9 heteroatoms. The minimum absolute atomic E-state index is 0.122. The van der Waals surface area contributed by atoms with Gasteiger partial charge in [0.05, 0.1) is 11.4 Å². The van der Waals surface area contributed by atoms with Crippen molar-refractivity contribution in [3.05, 3.63) is 59.0 Å². The molecule has 2 amide bonds. The monoisotopic (exact) mass is 383 g/mol. The molecular formula is C18H17N5O3S. The van der Waals surface area contributed by atoms with E-state index in [-0.39, 0.29) is 6.42 Å². The summed E-state index contributed by atoms with van der Waals surface area (Å²) in [6.45, 7) is 1.78. The maximum atomic E-state index is 12.8. The molecule has 8 nitrogen and oxygen atoms in total. The summed E-state index contributed by atoms with van der Waals surface area (Å²) in [5.74, 6) is -2.47. The number of ketones is 1. The van der Waals surface area contributed by atoms with Gasteiger partial charge in [0.1, 0.15) is 10.9 Å². The summed E-state index contributed by atoms with van der Waals surface area (Å²) in [5, 5.41) is 2.61. The molecule has 3 heterocycles. The van der Waals surface area contributed by atoms with Crippen LogP contribution in [0.15, 0.2) is 42.7 Å². The van der Waals surface area contributed by atoms with Crippen LogP contribution in [0.2, 0.25) is 0 Å². The molecule has 138 valence electrons. The van der Waals surface area contributed by atoms with Crippen LogP contribution in [0.4, 0.5) is 0 Å². The van der Waals surface area contributed by atoms with Crippen molar-refractivity contribution in [1.82, 2.24) is 19.7 Å². The Hall–Kier alpha value is -3.33. The van der Waals surface area contributed by atoms with Crippen molar-refractivity contribution in [3.63, 3.8) is 0 Å². The van der Waals surface area contributed by atoms with Crippen molar-refractivity contribution in [2.24, 2.45) is 5.73 Å². The number of H-pyrrole nitrogens is 1. The fourth-order valence-electron chi connectivity index (χ4n) is 2.66. The highest BCUT2D eigenvalue weighted by Crippen LogP contribution is 2.28. The molecule has 0 bridgehead atoms. The summed E-state index contributed by atoms with van der Waals surface area (Å²) in [5.41, 5.74) is 7.70. The maximum absolute atomic E-state index is 12.8. The Bertz CT molecular complexity index is 966. The van der Waals surface area contributed by atoms with Gasteiger partial charge < -0.3 is 16.0 Å². The van der Waals surface area contributed by atoms with E-state index in [4.69, 9.17) is 5.73 Å². The lowest BCUT2D eigenvalue weighted by Gasteiger charge is -2.15. The van der Waals surface area contributed by atoms with Gasteiger partial charge in [0.2, 0.25) is 5.78 Å². The summed E-state index contributed by atoms with van der Waals surface area (Å²) in [6.07, 6.45) is 3.44. The molecule has 3 aromatic rings. The molecule has 0 aliphatic heterocycles. The Kier molecular flexibility index (Phi) is 5.41. The predicted octanol–water partition coefficient (Wildman–Crippen LogP) is 1.24. The smallest absolute Gasteiger partial charge is 0.287 e. The highest BCUT2D eigenvalue weighted by atomic mass is 32.1. The minimum atomic E-state index is -1.10. The average molecular weight is 383 g/mol. The topological polar surface area (TPSA) is 131 Å². The number of hydrogen-bond donors (Lipinski definition) is 3. The van der Waals surface area contributed by atoms with Gasteiger partial charge >= 0.3 is 0 Å². The van der Waals surface area contributed by atoms with Gasteiger partial charge in [-0.2, -0.15) is 4.37 Å². The highest BCUT2D eigenvalue weighted by Gasteiger charge is 2.28. The van der Waals surface area contributed by atoms with Crippen LogP contribution in [0.5, 0.6) is 0 Å². The zero-order valence-corrected chi connectivity index (χ0v) is 15.2. The fourth-order valence-corrected chi connectivity index (χ4v) is 3.46. The van der Waals surface area contributed by atoms with Gasteiger partial charge in [-0.3, -0.25) is 19.4 Å². The van der Waals surface area contributed by atoms with Crippen LogP contribution in [0.25, 0.3) is 11.3 Å². The Balaban J connectivity index is 1.88. The van der Waals surface area contributed by atoms with E-state index in [1.807, 2.05) is 6.07 Å². The lowest BCUT2D eigenvalue weighted by Crippen LogP contribution is -2.47. The molecule has 0 saturated heterocycles. The number of pyridine rings is 1. The summed E-state index contributed by atoms with van der Waals surface area (Å²) >= 11 is 1.01. The van der Waals surface area contributed by atoms with E-state index in [0.29, 0.717) is 27.5 Å². The molecule has 0 spiro atoms. The third kappa shape index (κ3) is 4.09. The molecule has 27 heavy (non-hydrogen) atoms. The number of hydrogen-bond acceptors (Lipinski definition) is 6. The number of aryl methyl sites for hydroxylation is 1. The van der Waals surface area contributed by atoms with Gasteiger partial charge in [-0.25, -0.2) is 0 Å². The molecule has 0 radical (unpaired) electrons. The quantitative estimate of drug-likeness (QED) is 0.528. The van der Waals surface area contributed by atoms with Crippen molar-refractivity contribution in [2.75, 3.05) is 0 Å². The predicted molar refractivity (Wildman–Crippen MR) is 100 cm³/mol. The number of primary amides is 1. The molecular weight excluding hydrogens is 366 g/mol. The molecule has 3 aromatic heterocycles. The Morgan fingerprint density at radius 2 is 2.07 bits per heavy atom. The zero-order valence-electron chi connectivity index (χ0n) is 14.4. The first kappa shape index (κ1) is 18.5. The van der Waals surface area contributed by atoms with Crippen molar-refractivity contribution >= 4 is 29.1 Å². The van der Waals surface area contributed by atoms with Crippen molar-refractivity contribution in [2.45, 2.75) is 19.4 Å². The van der Waals surface area contributed by atoms with Gasteiger partial charge in [0.25, 0.3) is 11.8 Å². The second-order valence-corrected chi connectivity index (χ2v) is 6.61. The third-order valence-electron chi connectivity index (χ3n) is 3.94. The standard InChI is InChI=1S/C18H17N5O3S/c1-10-14(12-6-2-3-7-21-12)16(27-23-10)18(26)22-13(15(24)17(19)25)9-11-5-4-8-20-11/h2-8,13,20H,9H2,1H3,(H2,19,25)(H,22,26). The largest absolute Gasteiger partial charge is 0.365 e. The van der Waals surface area contributed by atoms with Crippen LogP contribution in [-0.2, 0) is 16.0 Å². The zero-order chi connectivity index (χ0) is 19.4. The SMILES string of the molecule is Cc1nsc(C(=O)NC(Cc2ccc[nH]2)C(=O)C(N)=O)c1-c1ccccn1. The lowest BCUT2D eigenvalue weighted by molar-refractivity contribution is -0.137. The maximum Gasteiger partial charge on any atom is 0.287 e. The average Bonchev–Trinajstić information content (AvgIpc) is 3.30. The van der Waals surface area contributed by atoms with Crippen molar-refractivity contribution in [3.8, 4) is 11.3 Å². The van der Waals surface area contributed by atoms with Crippen LogP contribution in [-0.4, -0.2) is 38.0 Å². The van der Waals surface area contributed by atoms with E-state index in [9.17, 15) is 14.4 Å². The van der Waals surface area contributed by atoms with Crippen molar-refractivity contribution < 1.29 is 14.4 Å². The van der Waals surface area contributed by atoms with Crippen LogP contribution in [0.3, 0.4) is 0 Å². The number of aromatic nitrogens is 3. The molecule has 4 N–H and O–H groups in total. The van der Waals surface area contributed by atoms with Gasteiger partial charge in [0, 0.05) is 30.1 Å². The van der Waals surface area contributed by atoms with Gasteiger partial charge in [0.15, 0.2) is 0 Å². The summed E-state index contributed by atoms with van der Waals surface area (Å²) in [4.78, 5) is 43.9. The first-order valence-corrected chi connectivity index (χ1v) is 8.89. The number of nitrogens with two attached hydrogens (primary N) is 1. The number of aromatic amines is 1. The number of nitrogens with zero attached hydrogens (tertiary/aromatic N) is 2. The Morgan fingerprint density at radius 3 is 2.70 bits per heavy atom. The molecule has 1 unspecified atom stereocenters. The van der Waals surface area contributed by atoms with Crippen LogP contribution in [0, 0.1) is 6.92 Å². The van der Waals surface area contributed by atoms with E-state index in [1.54, 1.807) is 43.6 Å². The van der Waals surface area contributed by atoms with Gasteiger partial charge in [-0.15, -0.1) is 0 Å². The summed E-state index contributed by atoms with van der Waals surface area (Å²) < 4.78 is 4.24. The molecule has 0 saturated carbocycles. The first-order chi connectivity index (χ1) is 13.0. The van der Waals surface area contributed by atoms with Gasteiger partial charge in [-0.05, 0) is 42.7 Å². The van der Waals surface area contributed by atoms with Crippen LogP contribution in [0.1, 0.15) is 21.1 Å². The van der Waals surface area contributed by atoms with Crippen LogP contribution >= 0.6 is 11.5 Å². The summed E-state index contributed by atoms with van der Waals surface area (Å²) in [7, 11) is 0. The number of carbonyl (C=O) groups excluding carboxylic acids is 3. The molecule has 0 aliphatic carbocycles. The van der Waals surface area contributed by atoms with E-state index in [2.05, 4.69) is 19.7 Å². The molecule has 0 aliphatic rings. The van der Waals surface area contributed by atoms with Crippen molar-refractivity contribution in [1.29, 1.82) is 0 Å². The normalized spacial score (nSPS) is 11.7. The molecule has 0 fully saturated rings. The lowest BCUT2D eigenvalue weighted by atomic mass is 10.1.